The van der Waals surface area contributed by atoms with Crippen molar-refractivity contribution in [3.8, 4) is 11.5 Å². The highest BCUT2D eigenvalue weighted by Crippen LogP contribution is 2.42. The molecule has 3 heterocycles. The highest BCUT2D eigenvalue weighted by molar-refractivity contribution is 5.96. The van der Waals surface area contributed by atoms with Crippen LogP contribution in [0.2, 0.25) is 0 Å². The maximum absolute atomic E-state index is 14.7. The lowest BCUT2D eigenvalue weighted by atomic mass is 9.83. The number of hydrogen-bond donors (Lipinski definition) is 0. The number of carbonyl (C=O) groups is 1. The average molecular weight is 538 g/mol. The van der Waals surface area contributed by atoms with E-state index in [2.05, 4.69) is 0 Å². The zero-order valence-electron chi connectivity index (χ0n) is 22.0. The second-order valence-corrected chi connectivity index (χ2v) is 9.91. The highest BCUT2D eigenvalue weighted by atomic mass is 19.1. The summed E-state index contributed by atoms with van der Waals surface area (Å²) < 4.78 is 28.6. The minimum absolute atomic E-state index is 0.0315. The summed E-state index contributed by atoms with van der Waals surface area (Å²) in [4.78, 5) is 28.8. The second kappa shape index (κ2) is 10.4. The van der Waals surface area contributed by atoms with Crippen LogP contribution >= 0.6 is 0 Å². The molecule has 1 amide bonds. The van der Waals surface area contributed by atoms with Gasteiger partial charge in [0.1, 0.15) is 37.0 Å². The van der Waals surface area contributed by atoms with Crippen LogP contribution in [0.15, 0.2) is 108 Å². The molecule has 0 radical (unpaired) electrons. The fourth-order valence-corrected chi connectivity index (χ4v) is 5.35. The van der Waals surface area contributed by atoms with Gasteiger partial charge < -0.3 is 14.4 Å². The molecule has 0 aliphatic carbocycles. The number of benzene rings is 3. The van der Waals surface area contributed by atoms with E-state index in [4.69, 9.17) is 9.47 Å². The lowest BCUT2D eigenvalue weighted by Crippen LogP contribution is -2.61. The van der Waals surface area contributed by atoms with Gasteiger partial charge in [0.25, 0.3) is 5.91 Å². The van der Waals surface area contributed by atoms with E-state index in [9.17, 15) is 14.0 Å². The Hall–Kier alpha value is -4.85. The summed E-state index contributed by atoms with van der Waals surface area (Å²) in [6.45, 7) is 2.84. The summed E-state index contributed by atoms with van der Waals surface area (Å²) in [7, 11) is 0. The quantitative estimate of drug-likeness (QED) is 0.349. The number of nitrogens with zero attached hydrogens (tertiary/aromatic N) is 3. The predicted molar refractivity (Wildman–Crippen MR) is 150 cm³/mol. The van der Waals surface area contributed by atoms with E-state index in [1.165, 1.54) is 18.2 Å². The summed E-state index contributed by atoms with van der Waals surface area (Å²) >= 11 is 0. The Balaban J connectivity index is 1.59. The van der Waals surface area contributed by atoms with E-state index in [1.54, 1.807) is 21.8 Å². The van der Waals surface area contributed by atoms with Gasteiger partial charge in [-0.15, -0.1) is 0 Å². The molecule has 0 saturated heterocycles. The van der Waals surface area contributed by atoms with E-state index in [-0.39, 0.29) is 43.0 Å². The zero-order chi connectivity index (χ0) is 27.7. The van der Waals surface area contributed by atoms with Crippen molar-refractivity contribution in [3.05, 3.63) is 142 Å². The van der Waals surface area contributed by atoms with Crippen LogP contribution in [0.1, 0.15) is 34.1 Å². The molecule has 4 aromatic rings. The number of ether oxygens (including phenoxy) is 2. The molecule has 0 spiro atoms. The van der Waals surface area contributed by atoms with Crippen LogP contribution < -0.4 is 19.9 Å². The van der Waals surface area contributed by atoms with Crippen LogP contribution in [-0.4, -0.2) is 35.3 Å². The number of para-hydroxylation sites is 1. The van der Waals surface area contributed by atoms with Gasteiger partial charge in [-0.25, -0.2) is 4.39 Å². The predicted octanol–water partition coefficient (Wildman–Crippen LogP) is 4.83. The SMILES string of the molecule is C[C@@]1(c2cccc(F)c2)c2ccccc2OC/C=C\CN2CN1n1ccc(=O)c(OCc3ccccc3)c1C2=O. The lowest BCUT2D eigenvalue weighted by Gasteiger charge is -2.49. The molecule has 0 unspecified atom stereocenters. The van der Waals surface area contributed by atoms with Gasteiger partial charge in [0.05, 0.1) is 0 Å². The van der Waals surface area contributed by atoms with Crippen LogP contribution in [0.3, 0.4) is 0 Å². The molecular formula is C32H28FN3O4. The smallest absolute Gasteiger partial charge is 0.278 e. The van der Waals surface area contributed by atoms with Gasteiger partial charge in [0.2, 0.25) is 5.43 Å². The zero-order valence-corrected chi connectivity index (χ0v) is 22.0. The van der Waals surface area contributed by atoms with E-state index in [1.807, 2.05) is 84.7 Å². The van der Waals surface area contributed by atoms with Gasteiger partial charge in [-0.2, -0.15) is 0 Å². The maximum atomic E-state index is 14.7. The molecule has 202 valence electrons. The summed E-state index contributed by atoms with van der Waals surface area (Å²) in [5.41, 5.74) is 0.994. The van der Waals surface area contributed by atoms with Gasteiger partial charge >= 0.3 is 0 Å². The standard InChI is InChI=1S/C32H28FN3O4/c1-32(24-12-9-13-25(33)20-24)26-14-5-6-15-28(26)39-19-8-7-17-34-22-36(32)35-18-16-27(37)30(29(35)31(34)38)40-21-23-10-3-2-4-11-23/h2-16,18,20H,17,19,21-22H2,1H3/b8-7-/t32-/m1/s1. The Morgan fingerprint density at radius 1 is 0.950 bits per heavy atom. The van der Waals surface area contributed by atoms with Gasteiger partial charge in [-0.05, 0) is 42.3 Å². The van der Waals surface area contributed by atoms with E-state index in [0.717, 1.165) is 11.1 Å². The number of halogens is 1. The first-order valence-electron chi connectivity index (χ1n) is 13.1. The first-order valence-corrected chi connectivity index (χ1v) is 13.1. The second-order valence-electron chi connectivity index (χ2n) is 9.91. The van der Waals surface area contributed by atoms with Crippen molar-refractivity contribution in [2.45, 2.75) is 19.1 Å². The summed E-state index contributed by atoms with van der Waals surface area (Å²) in [6, 6.07) is 24.9. The number of hydrogen-bond acceptors (Lipinski definition) is 5. The summed E-state index contributed by atoms with van der Waals surface area (Å²) in [5, 5.41) is 1.95. The Morgan fingerprint density at radius 2 is 1.75 bits per heavy atom. The highest BCUT2D eigenvalue weighted by Gasteiger charge is 2.45. The third-order valence-corrected chi connectivity index (χ3v) is 7.46. The Bertz CT molecular complexity index is 1650. The normalized spacial score (nSPS) is 19.1. The lowest BCUT2D eigenvalue weighted by molar-refractivity contribution is 0.0681. The molecule has 2 bridgehead atoms. The van der Waals surface area contributed by atoms with Crippen molar-refractivity contribution in [1.29, 1.82) is 0 Å². The van der Waals surface area contributed by atoms with Gasteiger partial charge in [-0.1, -0.05) is 66.7 Å². The first-order chi connectivity index (χ1) is 19.5. The van der Waals surface area contributed by atoms with E-state index >= 15 is 0 Å². The summed E-state index contributed by atoms with van der Waals surface area (Å²) in [5.74, 6) is -0.120. The summed E-state index contributed by atoms with van der Waals surface area (Å²) in [6.07, 6.45) is 5.31. The molecule has 0 saturated carbocycles. The topological polar surface area (TPSA) is 64.0 Å². The number of fused-ring (bicyclic) bond motifs is 5. The molecule has 0 fully saturated rings. The molecule has 3 aromatic carbocycles. The van der Waals surface area contributed by atoms with Crippen LogP contribution in [0.4, 0.5) is 4.39 Å². The Kier molecular flexibility index (Phi) is 6.59. The van der Waals surface area contributed by atoms with Crippen molar-refractivity contribution in [3.63, 3.8) is 0 Å². The number of rotatable bonds is 4. The minimum atomic E-state index is -1.03. The third kappa shape index (κ3) is 4.41. The number of carbonyl (C=O) groups excluding carboxylic acids is 1. The molecule has 2 aliphatic heterocycles. The van der Waals surface area contributed by atoms with Crippen molar-refractivity contribution < 1.29 is 18.7 Å². The third-order valence-electron chi connectivity index (χ3n) is 7.46. The molecule has 0 N–H and O–H groups in total. The molecule has 40 heavy (non-hydrogen) atoms. The molecule has 6 rings (SSSR count). The van der Waals surface area contributed by atoms with Gasteiger partial charge in [-0.3, -0.25) is 19.3 Å². The van der Waals surface area contributed by atoms with Crippen LogP contribution in [0, 0.1) is 5.82 Å². The number of aromatic nitrogens is 1. The van der Waals surface area contributed by atoms with Crippen molar-refractivity contribution >= 4 is 5.91 Å². The Labute approximate surface area is 231 Å². The molecule has 7 nitrogen and oxygen atoms in total. The first kappa shape index (κ1) is 25.4. The number of amides is 1. The van der Waals surface area contributed by atoms with Crippen molar-refractivity contribution in [1.82, 2.24) is 9.58 Å². The van der Waals surface area contributed by atoms with Crippen molar-refractivity contribution in [2.75, 3.05) is 24.8 Å². The van der Waals surface area contributed by atoms with Crippen LogP contribution in [0.25, 0.3) is 0 Å². The minimum Gasteiger partial charge on any atom is -0.489 e. The molecular weight excluding hydrogens is 509 g/mol. The fraction of sp³-hybridized carbons (Fsp3) is 0.188. The molecule has 1 atom stereocenters. The van der Waals surface area contributed by atoms with Crippen LogP contribution in [-0.2, 0) is 12.1 Å². The molecule has 2 aliphatic rings. The largest absolute Gasteiger partial charge is 0.489 e. The number of pyridine rings is 1. The van der Waals surface area contributed by atoms with Crippen molar-refractivity contribution in [2.24, 2.45) is 0 Å². The maximum Gasteiger partial charge on any atom is 0.278 e. The van der Waals surface area contributed by atoms with Crippen LogP contribution in [0.5, 0.6) is 11.5 Å². The Morgan fingerprint density at radius 3 is 2.58 bits per heavy atom. The average Bonchev–Trinajstić information content (AvgIpc) is 3.00. The van der Waals surface area contributed by atoms with Gasteiger partial charge in [0, 0.05) is 24.4 Å². The van der Waals surface area contributed by atoms with E-state index < -0.39 is 11.0 Å². The fourth-order valence-electron chi connectivity index (χ4n) is 5.35. The monoisotopic (exact) mass is 537 g/mol. The van der Waals surface area contributed by atoms with E-state index in [0.29, 0.717) is 17.9 Å². The van der Waals surface area contributed by atoms with Gasteiger partial charge in [0.15, 0.2) is 11.4 Å². The molecule has 1 aromatic heterocycles. The molecule has 8 heteroatoms.